The standard InChI is InChI=1S/C9H18O2/c1-7(2)5-6-11-9(4)8(3)10/h7,9H,5-6H2,1-4H3. The van der Waals surface area contributed by atoms with E-state index in [0.717, 1.165) is 6.42 Å². The van der Waals surface area contributed by atoms with Crippen molar-refractivity contribution in [2.45, 2.75) is 40.2 Å². The Labute approximate surface area is 68.9 Å². The zero-order valence-electron chi connectivity index (χ0n) is 7.89. The van der Waals surface area contributed by atoms with Gasteiger partial charge in [0.2, 0.25) is 0 Å². The van der Waals surface area contributed by atoms with Crippen LogP contribution in [-0.4, -0.2) is 18.5 Å². The Hall–Kier alpha value is -0.370. The Morgan fingerprint density at radius 3 is 2.27 bits per heavy atom. The Morgan fingerprint density at radius 2 is 1.91 bits per heavy atom. The maximum Gasteiger partial charge on any atom is 0.158 e. The van der Waals surface area contributed by atoms with Crippen molar-refractivity contribution in [3.05, 3.63) is 0 Å². The zero-order valence-corrected chi connectivity index (χ0v) is 7.89. The molecule has 0 radical (unpaired) electrons. The third-order valence-corrected chi connectivity index (χ3v) is 1.64. The Morgan fingerprint density at radius 1 is 1.36 bits per heavy atom. The molecular formula is C9H18O2. The van der Waals surface area contributed by atoms with Gasteiger partial charge in [-0.1, -0.05) is 13.8 Å². The Bertz CT molecular complexity index is 119. The quantitative estimate of drug-likeness (QED) is 0.612. The van der Waals surface area contributed by atoms with Gasteiger partial charge in [-0.25, -0.2) is 0 Å². The van der Waals surface area contributed by atoms with E-state index in [0.29, 0.717) is 12.5 Å². The lowest BCUT2D eigenvalue weighted by atomic mass is 10.1. The molecule has 2 nitrogen and oxygen atoms in total. The smallest absolute Gasteiger partial charge is 0.158 e. The molecule has 0 aliphatic carbocycles. The van der Waals surface area contributed by atoms with Crippen LogP contribution in [-0.2, 0) is 9.53 Å². The first-order valence-electron chi connectivity index (χ1n) is 4.16. The average Bonchev–Trinajstić information content (AvgIpc) is 1.86. The Kier molecular flexibility index (Phi) is 5.12. The lowest BCUT2D eigenvalue weighted by Crippen LogP contribution is -2.18. The number of ketones is 1. The van der Waals surface area contributed by atoms with Gasteiger partial charge in [-0.2, -0.15) is 0 Å². The summed E-state index contributed by atoms with van der Waals surface area (Å²) >= 11 is 0. The van der Waals surface area contributed by atoms with Gasteiger partial charge in [0.05, 0.1) is 0 Å². The summed E-state index contributed by atoms with van der Waals surface area (Å²) in [6.45, 7) is 8.32. The largest absolute Gasteiger partial charge is 0.371 e. The van der Waals surface area contributed by atoms with Crippen LogP contribution in [0.4, 0.5) is 0 Å². The van der Waals surface area contributed by atoms with Crippen LogP contribution in [0.2, 0.25) is 0 Å². The number of ether oxygens (including phenoxy) is 1. The molecule has 0 spiro atoms. The molecule has 0 saturated carbocycles. The highest BCUT2D eigenvalue weighted by Crippen LogP contribution is 2.01. The van der Waals surface area contributed by atoms with Gasteiger partial charge in [0.25, 0.3) is 0 Å². The molecule has 1 atom stereocenters. The summed E-state index contributed by atoms with van der Waals surface area (Å²) in [4.78, 5) is 10.7. The number of carbonyl (C=O) groups is 1. The van der Waals surface area contributed by atoms with Crippen molar-refractivity contribution in [1.82, 2.24) is 0 Å². The van der Waals surface area contributed by atoms with Crippen molar-refractivity contribution < 1.29 is 9.53 Å². The average molecular weight is 158 g/mol. The van der Waals surface area contributed by atoms with E-state index in [1.165, 1.54) is 0 Å². The first-order chi connectivity index (χ1) is 5.04. The van der Waals surface area contributed by atoms with Crippen molar-refractivity contribution in [2.24, 2.45) is 5.92 Å². The van der Waals surface area contributed by atoms with Crippen molar-refractivity contribution in [3.63, 3.8) is 0 Å². The van der Waals surface area contributed by atoms with Crippen molar-refractivity contribution >= 4 is 5.78 Å². The molecule has 11 heavy (non-hydrogen) atoms. The monoisotopic (exact) mass is 158 g/mol. The second-order valence-electron chi connectivity index (χ2n) is 3.31. The molecule has 0 aromatic heterocycles. The minimum Gasteiger partial charge on any atom is -0.371 e. The molecule has 0 aromatic carbocycles. The highest BCUT2D eigenvalue weighted by molar-refractivity contribution is 5.79. The van der Waals surface area contributed by atoms with Crippen LogP contribution < -0.4 is 0 Å². The molecule has 1 unspecified atom stereocenters. The molecular weight excluding hydrogens is 140 g/mol. The van der Waals surface area contributed by atoms with E-state index in [2.05, 4.69) is 13.8 Å². The summed E-state index contributed by atoms with van der Waals surface area (Å²) in [5.74, 6) is 0.753. The van der Waals surface area contributed by atoms with E-state index < -0.39 is 0 Å². The lowest BCUT2D eigenvalue weighted by molar-refractivity contribution is -0.127. The van der Waals surface area contributed by atoms with E-state index in [1.54, 1.807) is 13.8 Å². The van der Waals surface area contributed by atoms with Gasteiger partial charge in [0.15, 0.2) is 5.78 Å². The summed E-state index contributed by atoms with van der Waals surface area (Å²) in [7, 11) is 0. The highest BCUT2D eigenvalue weighted by atomic mass is 16.5. The van der Waals surface area contributed by atoms with E-state index in [-0.39, 0.29) is 11.9 Å². The van der Waals surface area contributed by atoms with Gasteiger partial charge < -0.3 is 4.74 Å². The summed E-state index contributed by atoms with van der Waals surface area (Å²) < 4.78 is 5.26. The third-order valence-electron chi connectivity index (χ3n) is 1.64. The Balaban J connectivity index is 3.31. The fraction of sp³-hybridized carbons (Fsp3) is 0.889. The third kappa shape index (κ3) is 6.05. The van der Waals surface area contributed by atoms with Gasteiger partial charge in [0, 0.05) is 6.61 Å². The van der Waals surface area contributed by atoms with Gasteiger partial charge in [-0.3, -0.25) is 4.79 Å². The predicted octanol–water partition coefficient (Wildman–Crippen LogP) is 2.03. The topological polar surface area (TPSA) is 26.3 Å². The molecule has 0 aliphatic heterocycles. The highest BCUT2D eigenvalue weighted by Gasteiger charge is 2.06. The molecule has 0 amide bonds. The van der Waals surface area contributed by atoms with Crippen LogP contribution in [0.25, 0.3) is 0 Å². The van der Waals surface area contributed by atoms with E-state index in [1.807, 2.05) is 0 Å². The van der Waals surface area contributed by atoms with Crippen LogP contribution in [0, 0.1) is 5.92 Å². The van der Waals surface area contributed by atoms with Crippen LogP contribution in [0.3, 0.4) is 0 Å². The van der Waals surface area contributed by atoms with Crippen molar-refractivity contribution in [2.75, 3.05) is 6.61 Å². The first-order valence-corrected chi connectivity index (χ1v) is 4.16. The zero-order chi connectivity index (χ0) is 8.85. The number of Topliss-reactive ketones (excluding diaryl/α,β-unsaturated/α-hetero) is 1. The van der Waals surface area contributed by atoms with Gasteiger partial charge >= 0.3 is 0 Å². The molecule has 0 heterocycles. The maximum absolute atomic E-state index is 10.7. The molecule has 0 saturated heterocycles. The summed E-state index contributed by atoms with van der Waals surface area (Å²) in [6, 6.07) is 0. The van der Waals surface area contributed by atoms with Crippen molar-refractivity contribution in [1.29, 1.82) is 0 Å². The molecule has 0 rings (SSSR count). The second kappa shape index (κ2) is 5.30. The first kappa shape index (κ1) is 10.6. The van der Waals surface area contributed by atoms with Crippen LogP contribution in [0.5, 0.6) is 0 Å². The van der Waals surface area contributed by atoms with Gasteiger partial charge in [0.1, 0.15) is 6.10 Å². The van der Waals surface area contributed by atoms with Crippen molar-refractivity contribution in [3.8, 4) is 0 Å². The molecule has 0 aromatic rings. The summed E-state index contributed by atoms with van der Waals surface area (Å²) in [6.07, 6.45) is 0.797. The number of hydrogen-bond acceptors (Lipinski definition) is 2. The summed E-state index contributed by atoms with van der Waals surface area (Å²) in [5, 5.41) is 0. The number of rotatable bonds is 5. The predicted molar refractivity (Wildman–Crippen MR) is 45.6 cm³/mol. The molecule has 0 bridgehead atoms. The second-order valence-corrected chi connectivity index (χ2v) is 3.31. The molecule has 0 N–H and O–H groups in total. The fourth-order valence-electron chi connectivity index (χ4n) is 0.598. The van der Waals surface area contributed by atoms with Crippen LogP contribution in [0.15, 0.2) is 0 Å². The molecule has 0 fully saturated rings. The number of carbonyl (C=O) groups excluding carboxylic acids is 1. The minimum atomic E-state index is -0.228. The molecule has 0 aliphatic rings. The van der Waals surface area contributed by atoms with E-state index >= 15 is 0 Å². The normalized spacial score (nSPS) is 13.5. The van der Waals surface area contributed by atoms with E-state index in [9.17, 15) is 4.79 Å². The SMILES string of the molecule is CC(=O)C(C)OCCC(C)C. The summed E-state index contributed by atoms with van der Waals surface area (Å²) in [5.41, 5.74) is 0. The van der Waals surface area contributed by atoms with Crippen LogP contribution in [0.1, 0.15) is 34.1 Å². The maximum atomic E-state index is 10.7. The minimum absolute atomic E-state index is 0.105. The lowest BCUT2D eigenvalue weighted by Gasteiger charge is -2.10. The number of hydrogen-bond donors (Lipinski definition) is 0. The van der Waals surface area contributed by atoms with Gasteiger partial charge in [-0.15, -0.1) is 0 Å². The fourth-order valence-corrected chi connectivity index (χ4v) is 0.598. The molecule has 2 heteroatoms. The molecule has 66 valence electrons. The van der Waals surface area contributed by atoms with Crippen LogP contribution >= 0.6 is 0 Å². The van der Waals surface area contributed by atoms with E-state index in [4.69, 9.17) is 4.74 Å². The van der Waals surface area contributed by atoms with Gasteiger partial charge in [-0.05, 0) is 26.2 Å².